The number of carbonyl (C=O) groups is 1. The number of nitrogens with one attached hydrogen (secondary N) is 1. The summed E-state index contributed by atoms with van der Waals surface area (Å²) in [6, 6.07) is 17.2. The van der Waals surface area contributed by atoms with Crippen LogP contribution in [0.3, 0.4) is 0 Å². The molecule has 2 aromatic heterocycles. The lowest BCUT2D eigenvalue weighted by molar-refractivity contribution is -0.116. The minimum atomic E-state index is -0.371. The predicted octanol–water partition coefficient (Wildman–Crippen LogP) is 5.05. The Labute approximate surface area is 189 Å². The molecule has 2 aliphatic rings. The number of aromatic nitrogens is 3. The Kier molecular flexibility index (Phi) is 4.57. The van der Waals surface area contributed by atoms with Crippen LogP contribution in [0, 0.1) is 0 Å². The molecular formula is C25H20N4O4. The van der Waals surface area contributed by atoms with Crippen LogP contribution in [0.15, 0.2) is 65.3 Å². The Balaban J connectivity index is 1.25. The topological polar surface area (TPSA) is 99.4 Å². The van der Waals surface area contributed by atoms with Gasteiger partial charge >= 0.3 is 0 Å². The molecule has 8 heteroatoms. The van der Waals surface area contributed by atoms with Gasteiger partial charge in [-0.25, -0.2) is 4.98 Å². The van der Waals surface area contributed by atoms with E-state index in [9.17, 15) is 4.79 Å². The summed E-state index contributed by atoms with van der Waals surface area (Å²) >= 11 is 0. The fraction of sp³-hybridized carbons (Fsp3) is 0.200. The number of carbonyl (C=O) groups excluding carboxylic acids is 1. The predicted molar refractivity (Wildman–Crippen MR) is 119 cm³/mol. The first-order valence-corrected chi connectivity index (χ1v) is 10.8. The molecule has 0 saturated carbocycles. The normalized spacial score (nSPS) is 18.8. The Morgan fingerprint density at radius 3 is 2.85 bits per heavy atom. The van der Waals surface area contributed by atoms with Gasteiger partial charge in [-0.3, -0.25) is 4.79 Å². The number of benzene rings is 2. The molecule has 0 aliphatic carbocycles. The van der Waals surface area contributed by atoms with E-state index in [0.717, 1.165) is 22.4 Å². The molecule has 2 unspecified atom stereocenters. The van der Waals surface area contributed by atoms with Crippen molar-refractivity contribution in [1.82, 2.24) is 15.1 Å². The Morgan fingerprint density at radius 1 is 1.09 bits per heavy atom. The van der Waals surface area contributed by atoms with Gasteiger partial charge < -0.3 is 19.3 Å². The smallest absolute Gasteiger partial charge is 0.268 e. The number of hydrogen-bond donors (Lipinski definition) is 1. The molecule has 1 N–H and O–H groups in total. The molecule has 2 aromatic carbocycles. The van der Waals surface area contributed by atoms with Gasteiger partial charge in [0.1, 0.15) is 23.1 Å². The van der Waals surface area contributed by atoms with Gasteiger partial charge in [0.25, 0.3) is 5.89 Å². The van der Waals surface area contributed by atoms with Crippen LogP contribution in [-0.4, -0.2) is 21.0 Å². The molecule has 2 aliphatic heterocycles. The van der Waals surface area contributed by atoms with Gasteiger partial charge in [0.2, 0.25) is 11.7 Å². The van der Waals surface area contributed by atoms with Crippen LogP contribution >= 0.6 is 0 Å². The molecule has 8 nitrogen and oxygen atoms in total. The summed E-state index contributed by atoms with van der Waals surface area (Å²) in [5, 5.41) is 6.92. The van der Waals surface area contributed by atoms with Crippen LogP contribution in [0.1, 0.15) is 42.4 Å². The summed E-state index contributed by atoms with van der Waals surface area (Å²) in [7, 11) is 0. The molecule has 6 rings (SSSR count). The average Bonchev–Trinajstić information content (AvgIpc) is 3.45. The number of rotatable bonds is 4. The molecule has 164 valence electrons. The maximum absolute atomic E-state index is 11.7. The van der Waals surface area contributed by atoms with Crippen molar-refractivity contribution >= 4 is 11.7 Å². The molecule has 0 radical (unpaired) electrons. The molecule has 0 fully saturated rings. The standard InChI is InChI=1S/C25H20N4O4/c1-14-18-13-16(31-20-11-12-26-24-17(20)8-10-21(30)27-24)7-9-19(18)32-22(14)25-28-23(29-33-25)15-5-3-2-4-6-15/h2-7,9,11-14,22H,8,10H2,1H3,(H,26,27,30). The van der Waals surface area contributed by atoms with Crippen molar-refractivity contribution in [3.05, 3.63) is 77.8 Å². The summed E-state index contributed by atoms with van der Waals surface area (Å²) in [6.45, 7) is 2.07. The average molecular weight is 440 g/mol. The zero-order chi connectivity index (χ0) is 22.4. The van der Waals surface area contributed by atoms with Crippen molar-refractivity contribution in [2.45, 2.75) is 31.8 Å². The lowest BCUT2D eigenvalue weighted by Gasteiger charge is -2.19. The van der Waals surface area contributed by atoms with E-state index >= 15 is 0 Å². The van der Waals surface area contributed by atoms with E-state index in [1.807, 2.05) is 54.6 Å². The third-order valence-electron chi connectivity index (χ3n) is 6.00. The third-order valence-corrected chi connectivity index (χ3v) is 6.00. The van der Waals surface area contributed by atoms with E-state index < -0.39 is 0 Å². The maximum Gasteiger partial charge on any atom is 0.268 e. The summed E-state index contributed by atoms with van der Waals surface area (Å²) in [5.41, 5.74) is 2.80. The molecule has 2 atom stereocenters. The maximum atomic E-state index is 11.7. The lowest BCUT2D eigenvalue weighted by Crippen LogP contribution is -2.20. The number of anilines is 1. The van der Waals surface area contributed by atoms with Crippen LogP contribution in [-0.2, 0) is 11.2 Å². The van der Waals surface area contributed by atoms with Crippen molar-refractivity contribution in [1.29, 1.82) is 0 Å². The number of pyridine rings is 1. The van der Waals surface area contributed by atoms with Crippen LogP contribution < -0.4 is 14.8 Å². The van der Waals surface area contributed by atoms with Crippen LogP contribution in [0.5, 0.6) is 17.2 Å². The van der Waals surface area contributed by atoms with Crippen molar-refractivity contribution in [3.8, 4) is 28.6 Å². The lowest BCUT2D eigenvalue weighted by atomic mass is 9.97. The minimum absolute atomic E-state index is 0.00161. The SMILES string of the molecule is CC1c2cc(Oc3ccnc4c3CCC(=O)N4)ccc2OC1c1nc(-c2ccccc2)no1. The van der Waals surface area contributed by atoms with Crippen molar-refractivity contribution in [2.75, 3.05) is 5.32 Å². The zero-order valence-corrected chi connectivity index (χ0v) is 17.8. The largest absolute Gasteiger partial charge is 0.480 e. The van der Waals surface area contributed by atoms with Crippen LogP contribution in [0.2, 0.25) is 0 Å². The molecule has 1 amide bonds. The Morgan fingerprint density at radius 2 is 1.97 bits per heavy atom. The summed E-state index contributed by atoms with van der Waals surface area (Å²) in [5.74, 6) is 3.65. The van der Waals surface area contributed by atoms with E-state index in [4.69, 9.17) is 14.0 Å². The highest BCUT2D eigenvalue weighted by atomic mass is 16.5. The molecule has 0 bridgehead atoms. The van der Waals surface area contributed by atoms with Gasteiger partial charge in [-0.05, 0) is 30.7 Å². The first kappa shape index (κ1) is 19.5. The first-order chi connectivity index (χ1) is 16.2. The van der Waals surface area contributed by atoms with E-state index in [2.05, 4.69) is 27.4 Å². The molecule has 4 heterocycles. The number of nitrogens with zero attached hydrogens (tertiary/aromatic N) is 3. The Bertz CT molecular complexity index is 1350. The molecule has 0 saturated heterocycles. The molecular weight excluding hydrogens is 420 g/mol. The highest BCUT2D eigenvalue weighted by Crippen LogP contribution is 2.47. The monoisotopic (exact) mass is 440 g/mol. The van der Waals surface area contributed by atoms with Crippen molar-refractivity contribution in [2.24, 2.45) is 0 Å². The molecule has 33 heavy (non-hydrogen) atoms. The molecule has 4 aromatic rings. The van der Waals surface area contributed by atoms with Gasteiger partial charge in [-0.2, -0.15) is 4.98 Å². The number of ether oxygens (including phenoxy) is 2. The van der Waals surface area contributed by atoms with Gasteiger partial charge in [0.05, 0.1) is 0 Å². The summed E-state index contributed by atoms with van der Waals surface area (Å²) in [6.07, 6.45) is 2.28. The number of fused-ring (bicyclic) bond motifs is 2. The first-order valence-electron chi connectivity index (χ1n) is 10.8. The minimum Gasteiger partial charge on any atom is -0.480 e. The summed E-state index contributed by atoms with van der Waals surface area (Å²) < 4.78 is 17.9. The number of hydrogen-bond acceptors (Lipinski definition) is 7. The van der Waals surface area contributed by atoms with Crippen LogP contribution in [0.25, 0.3) is 11.4 Å². The van der Waals surface area contributed by atoms with Gasteiger partial charge in [-0.1, -0.05) is 42.4 Å². The molecule has 0 spiro atoms. The van der Waals surface area contributed by atoms with Crippen molar-refractivity contribution < 1.29 is 18.8 Å². The second kappa shape index (κ2) is 7.74. The second-order valence-corrected chi connectivity index (χ2v) is 8.14. The van der Waals surface area contributed by atoms with E-state index in [0.29, 0.717) is 41.9 Å². The quantitative estimate of drug-likeness (QED) is 0.474. The summed E-state index contributed by atoms with van der Waals surface area (Å²) in [4.78, 5) is 20.5. The fourth-order valence-electron chi connectivity index (χ4n) is 4.25. The van der Waals surface area contributed by atoms with E-state index in [1.165, 1.54) is 0 Å². The Hall–Kier alpha value is -4.20. The van der Waals surface area contributed by atoms with Gasteiger partial charge in [-0.15, -0.1) is 0 Å². The van der Waals surface area contributed by atoms with Gasteiger partial charge in [0, 0.05) is 35.2 Å². The zero-order valence-electron chi connectivity index (χ0n) is 17.8. The fourth-order valence-corrected chi connectivity index (χ4v) is 4.25. The highest BCUT2D eigenvalue weighted by molar-refractivity contribution is 5.93. The second-order valence-electron chi connectivity index (χ2n) is 8.14. The third kappa shape index (κ3) is 3.49. The highest BCUT2D eigenvalue weighted by Gasteiger charge is 2.37. The van der Waals surface area contributed by atoms with Crippen molar-refractivity contribution in [3.63, 3.8) is 0 Å². The van der Waals surface area contributed by atoms with E-state index in [-0.39, 0.29) is 17.9 Å². The number of amides is 1. The van der Waals surface area contributed by atoms with E-state index in [1.54, 1.807) is 6.20 Å². The van der Waals surface area contributed by atoms with Crippen LogP contribution in [0.4, 0.5) is 5.82 Å². The van der Waals surface area contributed by atoms with Gasteiger partial charge in [0.15, 0.2) is 6.10 Å².